The van der Waals surface area contributed by atoms with Crippen LogP contribution in [0.4, 0.5) is 0 Å². The van der Waals surface area contributed by atoms with Gasteiger partial charge in [-0.25, -0.2) is 0 Å². The van der Waals surface area contributed by atoms with E-state index in [1.165, 1.54) is 11.1 Å². The number of rotatable bonds is 5. The van der Waals surface area contributed by atoms with Gasteiger partial charge in [0.25, 0.3) is 0 Å². The Labute approximate surface area is 79.9 Å². The van der Waals surface area contributed by atoms with E-state index in [-0.39, 0.29) is 0 Å². The molecule has 0 atom stereocenters. The van der Waals surface area contributed by atoms with Crippen molar-refractivity contribution in [3.63, 3.8) is 0 Å². The van der Waals surface area contributed by atoms with Crippen LogP contribution >= 0.6 is 0 Å². The van der Waals surface area contributed by atoms with Gasteiger partial charge in [0.2, 0.25) is 0 Å². The highest BCUT2D eigenvalue weighted by Crippen LogP contribution is 2.05. The second-order valence-electron chi connectivity index (χ2n) is 3.03. The van der Waals surface area contributed by atoms with Gasteiger partial charge in [0.05, 0.1) is 6.61 Å². The molecule has 0 fully saturated rings. The van der Waals surface area contributed by atoms with Crippen LogP contribution in [0.3, 0.4) is 0 Å². The van der Waals surface area contributed by atoms with E-state index < -0.39 is 0 Å². The van der Waals surface area contributed by atoms with Crippen molar-refractivity contribution in [2.75, 3.05) is 13.7 Å². The summed E-state index contributed by atoms with van der Waals surface area (Å²) in [5, 5.41) is 3.29. The SMILES string of the molecule is CCNCc1cccc(COC)c1. The maximum Gasteiger partial charge on any atom is 0.0713 e. The Hall–Kier alpha value is -0.860. The fourth-order valence-electron chi connectivity index (χ4n) is 1.27. The molecule has 0 aliphatic heterocycles. The molecule has 0 bridgehead atoms. The summed E-state index contributed by atoms with van der Waals surface area (Å²) in [5.74, 6) is 0. The second kappa shape index (κ2) is 5.73. The van der Waals surface area contributed by atoms with Crippen LogP contribution in [0.1, 0.15) is 18.1 Å². The standard InChI is InChI=1S/C11H17NO/c1-3-12-8-10-5-4-6-11(7-10)9-13-2/h4-7,12H,3,8-9H2,1-2H3. The van der Waals surface area contributed by atoms with E-state index in [0.717, 1.165) is 13.1 Å². The monoisotopic (exact) mass is 179 g/mol. The van der Waals surface area contributed by atoms with Crippen LogP contribution in [0.15, 0.2) is 24.3 Å². The average Bonchev–Trinajstić information content (AvgIpc) is 2.16. The number of nitrogens with one attached hydrogen (secondary N) is 1. The molecule has 0 heterocycles. The summed E-state index contributed by atoms with van der Waals surface area (Å²) in [7, 11) is 1.72. The number of ether oxygens (including phenoxy) is 1. The first-order chi connectivity index (χ1) is 6.36. The number of methoxy groups -OCH3 is 1. The maximum atomic E-state index is 5.07. The highest BCUT2D eigenvalue weighted by atomic mass is 16.5. The van der Waals surface area contributed by atoms with Gasteiger partial charge in [-0.05, 0) is 17.7 Å². The molecule has 1 rings (SSSR count). The molecule has 72 valence electrons. The molecule has 2 nitrogen and oxygen atoms in total. The summed E-state index contributed by atoms with van der Waals surface area (Å²) in [5.41, 5.74) is 2.55. The third kappa shape index (κ3) is 3.57. The molecule has 0 aromatic heterocycles. The molecule has 0 spiro atoms. The Bertz CT molecular complexity index is 248. The van der Waals surface area contributed by atoms with Crippen LogP contribution in [-0.4, -0.2) is 13.7 Å². The molecule has 2 heteroatoms. The summed E-state index contributed by atoms with van der Waals surface area (Å²) in [6.45, 7) is 4.75. The summed E-state index contributed by atoms with van der Waals surface area (Å²) in [6.07, 6.45) is 0. The summed E-state index contributed by atoms with van der Waals surface area (Å²) in [4.78, 5) is 0. The molecule has 0 saturated carbocycles. The fourth-order valence-corrected chi connectivity index (χ4v) is 1.27. The lowest BCUT2D eigenvalue weighted by molar-refractivity contribution is 0.185. The van der Waals surface area contributed by atoms with Crippen LogP contribution < -0.4 is 5.32 Å². The highest BCUT2D eigenvalue weighted by molar-refractivity contribution is 5.22. The lowest BCUT2D eigenvalue weighted by Gasteiger charge is -2.04. The van der Waals surface area contributed by atoms with Crippen molar-refractivity contribution in [3.8, 4) is 0 Å². The largest absolute Gasteiger partial charge is 0.380 e. The van der Waals surface area contributed by atoms with Crippen molar-refractivity contribution in [2.45, 2.75) is 20.1 Å². The quantitative estimate of drug-likeness (QED) is 0.746. The Balaban J connectivity index is 2.56. The molecule has 0 aliphatic rings. The molecule has 0 aliphatic carbocycles. The van der Waals surface area contributed by atoms with E-state index in [2.05, 4.69) is 36.5 Å². The van der Waals surface area contributed by atoms with Crippen LogP contribution in [-0.2, 0) is 17.9 Å². The Morgan fingerprint density at radius 2 is 2.08 bits per heavy atom. The summed E-state index contributed by atoms with van der Waals surface area (Å²) < 4.78 is 5.07. The second-order valence-corrected chi connectivity index (χ2v) is 3.03. The van der Waals surface area contributed by atoms with E-state index in [0.29, 0.717) is 6.61 Å². The third-order valence-electron chi connectivity index (χ3n) is 1.88. The van der Waals surface area contributed by atoms with E-state index >= 15 is 0 Å². The van der Waals surface area contributed by atoms with Crippen LogP contribution in [0.25, 0.3) is 0 Å². The normalized spacial score (nSPS) is 10.3. The molecule has 0 amide bonds. The number of hydrogen-bond acceptors (Lipinski definition) is 2. The minimum atomic E-state index is 0.694. The first-order valence-electron chi connectivity index (χ1n) is 4.64. The molecular weight excluding hydrogens is 162 g/mol. The van der Waals surface area contributed by atoms with Gasteiger partial charge in [-0.2, -0.15) is 0 Å². The van der Waals surface area contributed by atoms with Gasteiger partial charge in [0.1, 0.15) is 0 Å². The number of benzene rings is 1. The predicted molar refractivity (Wildman–Crippen MR) is 54.5 cm³/mol. The van der Waals surface area contributed by atoms with Crippen molar-refractivity contribution in [3.05, 3.63) is 35.4 Å². The molecule has 13 heavy (non-hydrogen) atoms. The van der Waals surface area contributed by atoms with Crippen molar-refractivity contribution in [1.82, 2.24) is 5.32 Å². The predicted octanol–water partition coefficient (Wildman–Crippen LogP) is 1.94. The van der Waals surface area contributed by atoms with Gasteiger partial charge in [-0.3, -0.25) is 0 Å². The molecule has 1 aromatic rings. The lowest BCUT2D eigenvalue weighted by atomic mass is 10.1. The van der Waals surface area contributed by atoms with E-state index in [1.807, 2.05) is 0 Å². The van der Waals surface area contributed by atoms with Crippen LogP contribution in [0.5, 0.6) is 0 Å². The average molecular weight is 179 g/mol. The molecule has 1 aromatic carbocycles. The van der Waals surface area contributed by atoms with Gasteiger partial charge >= 0.3 is 0 Å². The highest BCUT2D eigenvalue weighted by Gasteiger charge is 1.94. The summed E-state index contributed by atoms with van der Waals surface area (Å²) in [6, 6.07) is 8.45. The van der Waals surface area contributed by atoms with Crippen molar-refractivity contribution < 1.29 is 4.74 Å². The Morgan fingerprint density at radius 1 is 1.31 bits per heavy atom. The topological polar surface area (TPSA) is 21.3 Å². The van der Waals surface area contributed by atoms with Crippen molar-refractivity contribution in [1.29, 1.82) is 0 Å². The molecule has 0 radical (unpaired) electrons. The minimum Gasteiger partial charge on any atom is -0.380 e. The van der Waals surface area contributed by atoms with E-state index in [9.17, 15) is 0 Å². The van der Waals surface area contributed by atoms with Gasteiger partial charge in [-0.15, -0.1) is 0 Å². The zero-order chi connectivity index (χ0) is 9.52. The van der Waals surface area contributed by atoms with Crippen LogP contribution in [0, 0.1) is 0 Å². The van der Waals surface area contributed by atoms with Gasteiger partial charge in [0.15, 0.2) is 0 Å². The maximum absolute atomic E-state index is 5.07. The zero-order valence-electron chi connectivity index (χ0n) is 8.34. The van der Waals surface area contributed by atoms with Crippen molar-refractivity contribution >= 4 is 0 Å². The Kier molecular flexibility index (Phi) is 4.50. The minimum absolute atomic E-state index is 0.694. The Morgan fingerprint density at radius 3 is 2.77 bits per heavy atom. The first kappa shape index (κ1) is 10.2. The molecule has 0 saturated heterocycles. The van der Waals surface area contributed by atoms with Gasteiger partial charge in [0, 0.05) is 13.7 Å². The van der Waals surface area contributed by atoms with Gasteiger partial charge in [-0.1, -0.05) is 31.2 Å². The fraction of sp³-hybridized carbons (Fsp3) is 0.455. The summed E-state index contributed by atoms with van der Waals surface area (Å²) >= 11 is 0. The molecular formula is C11H17NO. The first-order valence-corrected chi connectivity index (χ1v) is 4.64. The third-order valence-corrected chi connectivity index (χ3v) is 1.88. The van der Waals surface area contributed by atoms with E-state index in [1.54, 1.807) is 7.11 Å². The van der Waals surface area contributed by atoms with E-state index in [4.69, 9.17) is 4.74 Å². The van der Waals surface area contributed by atoms with Crippen molar-refractivity contribution in [2.24, 2.45) is 0 Å². The lowest BCUT2D eigenvalue weighted by Crippen LogP contribution is -2.11. The zero-order valence-corrected chi connectivity index (χ0v) is 8.34. The molecule has 1 N–H and O–H groups in total. The van der Waals surface area contributed by atoms with Gasteiger partial charge < -0.3 is 10.1 Å². The molecule has 0 unspecified atom stereocenters. The van der Waals surface area contributed by atoms with Crippen LogP contribution in [0.2, 0.25) is 0 Å². The number of hydrogen-bond donors (Lipinski definition) is 1. The smallest absolute Gasteiger partial charge is 0.0713 e.